The van der Waals surface area contributed by atoms with Crippen molar-refractivity contribution in [3.8, 4) is 0 Å². The largest absolute Gasteiger partial charge is 0.465 e. The maximum atomic E-state index is 12.2. The summed E-state index contributed by atoms with van der Waals surface area (Å²) in [5.74, 6) is -1.74. The molecule has 0 aliphatic rings. The van der Waals surface area contributed by atoms with Crippen molar-refractivity contribution < 1.29 is 43.0 Å². The van der Waals surface area contributed by atoms with Gasteiger partial charge in [-0.1, -0.05) is 62.3 Å². The van der Waals surface area contributed by atoms with Crippen LogP contribution < -0.4 is 16.0 Å². The molecule has 12 heteroatoms. The fourth-order valence-corrected chi connectivity index (χ4v) is 3.17. The van der Waals surface area contributed by atoms with E-state index in [1.807, 2.05) is 20.8 Å². The highest BCUT2D eigenvalue weighted by atomic mass is 16.6. The Hall–Kier alpha value is -3.18. The summed E-state index contributed by atoms with van der Waals surface area (Å²) < 4.78 is 15.9. The van der Waals surface area contributed by atoms with Crippen molar-refractivity contribution in [1.29, 1.82) is 0 Å². The summed E-state index contributed by atoms with van der Waals surface area (Å²) in [5, 5.41) is 8.12. The van der Waals surface area contributed by atoms with Crippen molar-refractivity contribution in [2.24, 2.45) is 22.2 Å². The Kier molecular flexibility index (Phi) is 17.8. The number of Topliss-reactive ketones (excluding diaryl/α,β-unsaturated/α-hetero) is 1. The molecule has 0 heterocycles. The van der Waals surface area contributed by atoms with Crippen LogP contribution in [0.25, 0.3) is 0 Å². The molecule has 0 aromatic carbocycles. The van der Waals surface area contributed by atoms with E-state index in [0.717, 1.165) is 0 Å². The van der Waals surface area contributed by atoms with Crippen LogP contribution in [0.5, 0.6) is 0 Å². The van der Waals surface area contributed by atoms with E-state index < -0.39 is 40.2 Å². The number of hydrogen-bond acceptors (Lipinski definition) is 9. The molecule has 0 saturated heterocycles. The van der Waals surface area contributed by atoms with Gasteiger partial charge in [0.15, 0.2) is 0 Å². The average Bonchev–Trinajstić information content (AvgIpc) is 2.88. The number of ether oxygens (including phenoxy) is 3. The van der Waals surface area contributed by atoms with Gasteiger partial charge in [0.1, 0.15) is 25.6 Å². The van der Waals surface area contributed by atoms with E-state index in [4.69, 9.17) is 14.2 Å². The van der Waals surface area contributed by atoms with Crippen molar-refractivity contribution in [1.82, 2.24) is 16.0 Å². The predicted octanol–water partition coefficient (Wildman–Crippen LogP) is 3.70. The minimum Gasteiger partial charge on any atom is -0.465 e. The molecule has 3 N–H and O–H groups in total. The third-order valence-corrected chi connectivity index (χ3v) is 6.15. The lowest BCUT2D eigenvalue weighted by atomic mass is 9.88. The molecule has 3 amide bonds. The lowest BCUT2D eigenvalue weighted by molar-refractivity contribution is -0.150. The van der Waals surface area contributed by atoms with Crippen LogP contribution in [-0.4, -0.2) is 75.1 Å². The maximum Gasteiger partial charge on any atom is 0.407 e. The fraction of sp³-hybridized carbons (Fsp3) is 0.806. The normalized spacial score (nSPS) is 11.9. The zero-order valence-electron chi connectivity index (χ0n) is 27.7. The summed E-state index contributed by atoms with van der Waals surface area (Å²) in [7, 11) is 0. The Balaban J connectivity index is 4.72. The van der Waals surface area contributed by atoms with Gasteiger partial charge in [0.05, 0.1) is 5.92 Å². The van der Waals surface area contributed by atoms with Gasteiger partial charge in [0.25, 0.3) is 0 Å². The van der Waals surface area contributed by atoms with Crippen LogP contribution in [0.2, 0.25) is 0 Å². The van der Waals surface area contributed by atoms with E-state index >= 15 is 0 Å². The lowest BCUT2D eigenvalue weighted by Gasteiger charge is -2.19. The quantitative estimate of drug-likeness (QED) is 0.119. The molecule has 0 unspecified atom stereocenters. The van der Waals surface area contributed by atoms with Crippen LogP contribution in [0.3, 0.4) is 0 Å². The highest BCUT2D eigenvalue weighted by molar-refractivity contribution is 5.83. The van der Waals surface area contributed by atoms with Crippen molar-refractivity contribution in [3.05, 3.63) is 0 Å². The van der Waals surface area contributed by atoms with Gasteiger partial charge >= 0.3 is 18.0 Å². The topological polar surface area (TPSA) is 166 Å². The number of esters is 2. The number of hydrogen-bond donors (Lipinski definition) is 3. The van der Waals surface area contributed by atoms with Gasteiger partial charge in [-0.2, -0.15) is 0 Å². The van der Waals surface area contributed by atoms with Gasteiger partial charge in [0.2, 0.25) is 11.8 Å². The molecular weight excluding hydrogens is 558 g/mol. The zero-order chi connectivity index (χ0) is 33.3. The predicted molar refractivity (Wildman–Crippen MR) is 162 cm³/mol. The SMILES string of the molecule is CC(C)(C)C(=O)CCCNC(=O)OCC(COC(=O)CCCNC(=O)C(C)(C)C)COC(=O)CCCNC(=O)C(C)(C)C. The van der Waals surface area contributed by atoms with E-state index in [1.54, 1.807) is 41.5 Å². The maximum absolute atomic E-state index is 12.2. The smallest absolute Gasteiger partial charge is 0.407 e. The molecule has 0 atom stereocenters. The number of alkyl carbamates (subject to hydrolysis) is 1. The van der Waals surface area contributed by atoms with Gasteiger partial charge < -0.3 is 30.2 Å². The number of carbonyl (C=O) groups is 6. The third-order valence-electron chi connectivity index (χ3n) is 6.15. The number of carbonyl (C=O) groups excluding carboxylic acids is 6. The fourth-order valence-electron chi connectivity index (χ4n) is 3.17. The van der Waals surface area contributed by atoms with Crippen LogP contribution in [0.15, 0.2) is 0 Å². The van der Waals surface area contributed by atoms with E-state index in [9.17, 15) is 28.8 Å². The number of rotatable bonds is 18. The minimum absolute atomic E-state index is 0.0752. The van der Waals surface area contributed by atoms with E-state index in [2.05, 4.69) is 16.0 Å². The van der Waals surface area contributed by atoms with Gasteiger partial charge in [0, 0.05) is 55.1 Å². The van der Waals surface area contributed by atoms with Gasteiger partial charge in [-0.3, -0.25) is 24.0 Å². The summed E-state index contributed by atoms with van der Waals surface area (Å²) >= 11 is 0. The molecule has 0 spiro atoms. The first kappa shape index (κ1) is 39.8. The highest BCUT2D eigenvalue weighted by Crippen LogP contribution is 2.17. The highest BCUT2D eigenvalue weighted by Gasteiger charge is 2.23. The Bertz CT molecular complexity index is 809. The lowest BCUT2D eigenvalue weighted by Crippen LogP contribution is -2.35. The Morgan fingerprint density at radius 1 is 0.512 bits per heavy atom. The van der Waals surface area contributed by atoms with Crippen LogP contribution in [0.4, 0.5) is 4.79 Å². The second kappa shape index (κ2) is 19.2. The first-order valence-electron chi connectivity index (χ1n) is 15.0. The molecule has 0 fully saturated rings. The zero-order valence-corrected chi connectivity index (χ0v) is 27.7. The number of nitrogens with one attached hydrogen (secondary N) is 3. The summed E-state index contributed by atoms with van der Waals surface area (Å²) in [5.41, 5.74) is -1.49. The molecule has 43 heavy (non-hydrogen) atoms. The van der Waals surface area contributed by atoms with Gasteiger partial charge in [-0.15, -0.1) is 0 Å². The standard InChI is InChI=1S/C31H55N3O9/c1-29(2,3)23(35)13-10-18-34-28(40)43-21-22(19-41-24(36)14-11-16-32-26(38)30(4,5)6)20-42-25(37)15-12-17-33-27(39)31(7,8)9/h22H,10-21H2,1-9H3,(H,32,38)(H,33,39)(H,34,40). The molecule has 0 saturated carbocycles. The number of amides is 3. The minimum atomic E-state index is -0.699. The van der Waals surface area contributed by atoms with Crippen molar-refractivity contribution >= 4 is 35.6 Å². The molecule has 0 aromatic heterocycles. The molecule has 0 bridgehead atoms. The molecule has 0 aromatic rings. The summed E-state index contributed by atoms with van der Waals surface area (Å²) in [6, 6.07) is 0. The molecule has 0 aliphatic carbocycles. The Morgan fingerprint density at radius 3 is 1.28 bits per heavy atom. The first-order chi connectivity index (χ1) is 19.7. The molecular formula is C31H55N3O9. The summed E-state index contributed by atoms with van der Waals surface area (Å²) in [4.78, 5) is 72.5. The molecule has 248 valence electrons. The average molecular weight is 614 g/mol. The van der Waals surface area contributed by atoms with Crippen LogP contribution in [0.1, 0.15) is 101 Å². The van der Waals surface area contributed by atoms with Crippen molar-refractivity contribution in [3.63, 3.8) is 0 Å². The van der Waals surface area contributed by atoms with E-state index in [-0.39, 0.29) is 56.8 Å². The van der Waals surface area contributed by atoms with E-state index in [1.165, 1.54) is 0 Å². The van der Waals surface area contributed by atoms with Gasteiger partial charge in [-0.05, 0) is 19.3 Å². The Labute approximate surface area is 257 Å². The van der Waals surface area contributed by atoms with Gasteiger partial charge in [-0.25, -0.2) is 4.79 Å². The second-order valence-electron chi connectivity index (χ2n) is 13.8. The summed E-state index contributed by atoms with van der Waals surface area (Å²) in [6.07, 6.45) is 1.03. The van der Waals surface area contributed by atoms with Crippen LogP contribution >= 0.6 is 0 Å². The van der Waals surface area contributed by atoms with Crippen molar-refractivity contribution in [2.75, 3.05) is 39.5 Å². The molecule has 0 rings (SSSR count). The molecule has 0 aliphatic heterocycles. The second-order valence-corrected chi connectivity index (χ2v) is 13.8. The van der Waals surface area contributed by atoms with Crippen LogP contribution in [0, 0.1) is 22.2 Å². The monoisotopic (exact) mass is 613 g/mol. The summed E-state index contributed by atoms with van der Waals surface area (Å²) in [6.45, 7) is 16.8. The van der Waals surface area contributed by atoms with Crippen LogP contribution in [-0.2, 0) is 38.2 Å². The first-order valence-corrected chi connectivity index (χ1v) is 15.0. The van der Waals surface area contributed by atoms with Crippen molar-refractivity contribution in [2.45, 2.75) is 101 Å². The molecule has 12 nitrogen and oxygen atoms in total. The molecule has 0 radical (unpaired) electrons. The Morgan fingerprint density at radius 2 is 0.884 bits per heavy atom. The van der Waals surface area contributed by atoms with E-state index in [0.29, 0.717) is 38.8 Å². The number of ketones is 1. The third kappa shape index (κ3) is 20.4.